The average Bonchev–Trinajstić information content (AvgIpc) is 2.44. The minimum absolute atomic E-state index is 0.162. The van der Waals surface area contributed by atoms with Crippen LogP contribution in [0.15, 0.2) is 24.3 Å². The molecule has 1 unspecified atom stereocenters. The van der Waals surface area contributed by atoms with Crippen LogP contribution in [0.4, 0.5) is 0 Å². The zero-order valence-electron chi connectivity index (χ0n) is 11.7. The van der Waals surface area contributed by atoms with Crippen molar-refractivity contribution in [2.75, 3.05) is 27.3 Å². The van der Waals surface area contributed by atoms with Crippen molar-refractivity contribution in [1.29, 1.82) is 0 Å². The number of nitrogens with zero attached hydrogens (tertiary/aromatic N) is 1. The summed E-state index contributed by atoms with van der Waals surface area (Å²) in [6, 6.07) is 6.06. The van der Waals surface area contributed by atoms with Crippen LogP contribution in [0.1, 0.15) is 15.9 Å². The van der Waals surface area contributed by atoms with Crippen LogP contribution in [-0.2, 0) is 16.0 Å². The summed E-state index contributed by atoms with van der Waals surface area (Å²) in [7, 11) is 3.12. The van der Waals surface area contributed by atoms with E-state index in [1.165, 1.54) is 12.0 Å². The quantitative estimate of drug-likeness (QED) is 0.752. The maximum Gasteiger partial charge on any atom is 0.335 e. The number of likely N-dealkylation sites (N-methyl/N-ethyl adjacent to an activating group) is 1. The Hall–Kier alpha value is -1.92. The van der Waals surface area contributed by atoms with E-state index >= 15 is 0 Å². The molecule has 0 aliphatic heterocycles. The summed E-state index contributed by atoms with van der Waals surface area (Å²) in [5.41, 5.74) is 6.62. The molecule has 6 nitrogen and oxygen atoms in total. The molecular weight excluding hydrogens is 260 g/mol. The van der Waals surface area contributed by atoms with Crippen LogP contribution >= 0.6 is 0 Å². The highest BCUT2D eigenvalue weighted by atomic mass is 16.5. The van der Waals surface area contributed by atoms with E-state index in [0.717, 1.165) is 0 Å². The van der Waals surface area contributed by atoms with Crippen LogP contribution in [-0.4, -0.2) is 55.2 Å². The first kappa shape index (κ1) is 16.1. The predicted octanol–water partition coefficient (Wildman–Crippen LogP) is 0.359. The molecule has 0 aromatic heterocycles. The van der Waals surface area contributed by atoms with E-state index in [0.29, 0.717) is 18.5 Å². The van der Waals surface area contributed by atoms with E-state index in [4.69, 9.17) is 15.6 Å². The van der Waals surface area contributed by atoms with E-state index in [1.807, 2.05) is 0 Å². The van der Waals surface area contributed by atoms with Crippen LogP contribution in [0.2, 0.25) is 0 Å². The Kier molecular flexibility index (Phi) is 6.14. The van der Waals surface area contributed by atoms with Gasteiger partial charge in [0.2, 0.25) is 5.91 Å². The average molecular weight is 280 g/mol. The van der Waals surface area contributed by atoms with Gasteiger partial charge >= 0.3 is 5.97 Å². The van der Waals surface area contributed by atoms with E-state index < -0.39 is 12.0 Å². The fourth-order valence-electron chi connectivity index (χ4n) is 1.88. The fraction of sp³-hybridized carbons (Fsp3) is 0.429. The number of hydrogen-bond donors (Lipinski definition) is 2. The van der Waals surface area contributed by atoms with E-state index in [1.54, 1.807) is 31.3 Å². The van der Waals surface area contributed by atoms with Gasteiger partial charge in [0.1, 0.15) is 6.04 Å². The van der Waals surface area contributed by atoms with Crippen LogP contribution < -0.4 is 5.73 Å². The molecule has 0 aliphatic rings. The number of amides is 1. The molecule has 0 fully saturated rings. The second-order valence-electron chi connectivity index (χ2n) is 4.53. The molecule has 0 aliphatic carbocycles. The number of carboxylic acid groups (broad SMARTS) is 1. The molecule has 110 valence electrons. The van der Waals surface area contributed by atoms with E-state index in [-0.39, 0.29) is 18.1 Å². The third kappa shape index (κ3) is 4.32. The summed E-state index contributed by atoms with van der Waals surface area (Å²) in [5, 5.41) is 9.08. The first-order chi connectivity index (χ1) is 9.47. The molecule has 20 heavy (non-hydrogen) atoms. The molecule has 0 heterocycles. The Labute approximate surface area is 118 Å². The summed E-state index contributed by atoms with van der Waals surface area (Å²) < 4.78 is 4.84. The fourth-order valence-corrected chi connectivity index (χ4v) is 1.88. The van der Waals surface area contributed by atoms with Gasteiger partial charge in [-0.05, 0) is 18.1 Å². The first-order valence-corrected chi connectivity index (χ1v) is 6.28. The number of benzene rings is 1. The maximum atomic E-state index is 11.9. The number of ether oxygens (including phenoxy) is 1. The highest BCUT2D eigenvalue weighted by Gasteiger charge is 2.18. The van der Waals surface area contributed by atoms with Gasteiger partial charge in [-0.25, -0.2) is 4.79 Å². The molecule has 0 radical (unpaired) electrons. The smallest absolute Gasteiger partial charge is 0.335 e. The van der Waals surface area contributed by atoms with Crippen molar-refractivity contribution >= 4 is 11.9 Å². The molecule has 0 saturated carbocycles. The Morgan fingerprint density at radius 3 is 2.65 bits per heavy atom. The van der Waals surface area contributed by atoms with Crippen LogP contribution in [0.25, 0.3) is 0 Å². The summed E-state index contributed by atoms with van der Waals surface area (Å²) in [4.78, 5) is 24.4. The molecular formula is C14H20N2O4. The van der Waals surface area contributed by atoms with Crippen LogP contribution in [0.5, 0.6) is 0 Å². The third-order valence-electron chi connectivity index (χ3n) is 3.00. The van der Waals surface area contributed by atoms with Gasteiger partial charge in [-0.3, -0.25) is 4.79 Å². The molecule has 0 bridgehead atoms. The number of hydrogen-bond acceptors (Lipinski definition) is 4. The molecule has 6 heteroatoms. The first-order valence-electron chi connectivity index (χ1n) is 6.28. The molecule has 1 rings (SSSR count). The molecule has 1 aromatic carbocycles. The van der Waals surface area contributed by atoms with Crippen molar-refractivity contribution in [1.82, 2.24) is 4.90 Å². The lowest BCUT2D eigenvalue weighted by Crippen LogP contribution is -2.45. The Balaban J connectivity index is 2.63. The molecule has 0 saturated heterocycles. The topological polar surface area (TPSA) is 92.9 Å². The highest BCUT2D eigenvalue weighted by molar-refractivity contribution is 5.89. The number of methoxy groups -OCH3 is 1. The van der Waals surface area contributed by atoms with Crippen molar-refractivity contribution in [3.63, 3.8) is 0 Å². The monoisotopic (exact) mass is 280 g/mol. The second-order valence-corrected chi connectivity index (χ2v) is 4.53. The van der Waals surface area contributed by atoms with Crippen molar-refractivity contribution < 1.29 is 19.4 Å². The highest BCUT2D eigenvalue weighted by Crippen LogP contribution is 2.10. The molecule has 1 aromatic rings. The zero-order valence-corrected chi connectivity index (χ0v) is 11.7. The van der Waals surface area contributed by atoms with Crippen LogP contribution in [0, 0.1) is 0 Å². The van der Waals surface area contributed by atoms with Gasteiger partial charge in [0.15, 0.2) is 0 Å². The minimum Gasteiger partial charge on any atom is -0.478 e. The van der Waals surface area contributed by atoms with Gasteiger partial charge in [0, 0.05) is 20.7 Å². The lowest BCUT2D eigenvalue weighted by Gasteiger charge is -2.21. The normalized spacial score (nSPS) is 11.9. The summed E-state index contributed by atoms with van der Waals surface area (Å²) in [5.74, 6) is -1.19. The molecule has 1 atom stereocenters. The lowest BCUT2D eigenvalue weighted by atomic mass is 10.0. The Morgan fingerprint density at radius 1 is 1.40 bits per heavy atom. The molecule has 0 spiro atoms. The minimum atomic E-state index is -0.967. The van der Waals surface area contributed by atoms with Crippen molar-refractivity contribution in [2.45, 2.75) is 12.5 Å². The summed E-state index contributed by atoms with van der Waals surface area (Å²) >= 11 is 0. The zero-order chi connectivity index (χ0) is 15.1. The van der Waals surface area contributed by atoms with Gasteiger partial charge in [0.05, 0.1) is 12.2 Å². The van der Waals surface area contributed by atoms with Crippen molar-refractivity contribution in [3.05, 3.63) is 35.4 Å². The number of carbonyl (C=O) groups excluding carboxylic acids is 1. The maximum absolute atomic E-state index is 11.9. The van der Waals surface area contributed by atoms with Gasteiger partial charge in [-0.2, -0.15) is 0 Å². The molecule has 1 amide bonds. The standard InChI is InChI=1S/C14H20N2O4/c1-16(13(17)12(15)9-20-2)8-7-10-5-3-4-6-11(10)14(18)19/h3-6,12H,7-9,15H2,1-2H3,(H,18,19). The van der Waals surface area contributed by atoms with E-state index in [9.17, 15) is 9.59 Å². The third-order valence-corrected chi connectivity index (χ3v) is 3.00. The number of aromatic carboxylic acids is 1. The Morgan fingerprint density at radius 2 is 2.05 bits per heavy atom. The number of nitrogens with two attached hydrogens (primary N) is 1. The number of carboxylic acids is 1. The summed E-state index contributed by atoms with van der Waals surface area (Å²) in [6.45, 7) is 0.565. The Bertz CT molecular complexity index is 476. The summed E-state index contributed by atoms with van der Waals surface area (Å²) in [6.07, 6.45) is 0.463. The molecule has 3 N–H and O–H groups in total. The van der Waals surface area contributed by atoms with Gasteiger partial charge < -0.3 is 20.5 Å². The van der Waals surface area contributed by atoms with Crippen molar-refractivity contribution in [2.24, 2.45) is 5.73 Å². The lowest BCUT2D eigenvalue weighted by molar-refractivity contribution is -0.132. The largest absolute Gasteiger partial charge is 0.478 e. The van der Waals surface area contributed by atoms with Gasteiger partial charge in [-0.15, -0.1) is 0 Å². The number of carbonyl (C=O) groups is 2. The van der Waals surface area contributed by atoms with Crippen molar-refractivity contribution in [3.8, 4) is 0 Å². The predicted molar refractivity (Wildman–Crippen MR) is 74.6 cm³/mol. The second kappa shape index (κ2) is 7.62. The SMILES string of the molecule is COCC(N)C(=O)N(C)CCc1ccccc1C(=O)O. The van der Waals surface area contributed by atoms with E-state index in [2.05, 4.69) is 0 Å². The van der Waals surface area contributed by atoms with Gasteiger partial charge in [0.25, 0.3) is 0 Å². The van der Waals surface area contributed by atoms with Crippen LogP contribution in [0.3, 0.4) is 0 Å². The van der Waals surface area contributed by atoms with Gasteiger partial charge in [-0.1, -0.05) is 18.2 Å². The number of rotatable bonds is 7.